The number of ether oxygens (including phenoxy) is 2. The summed E-state index contributed by atoms with van der Waals surface area (Å²) in [5.74, 6) is 1.61. The van der Waals surface area contributed by atoms with Gasteiger partial charge in [-0.25, -0.2) is 9.97 Å². The normalized spacial score (nSPS) is 19.3. The number of carbonyl (C=O) groups is 4. The Kier molecular flexibility index (Phi) is 50.9. The molecule has 0 bridgehead atoms. The molecule has 0 radical (unpaired) electrons. The molecular formula is C102H172F3MoN3O10S2Si2. The first-order valence-corrected chi connectivity index (χ1v) is 53.5. The quantitative estimate of drug-likeness (QED) is 0.0328. The maximum absolute atomic E-state index is 14.2. The molecule has 2 aromatic heterocycles. The maximum atomic E-state index is 14.2. The van der Waals surface area contributed by atoms with Crippen molar-refractivity contribution in [2.75, 3.05) is 0 Å². The number of benzene rings is 2. The van der Waals surface area contributed by atoms with Gasteiger partial charge in [0.25, 0.3) is 0 Å². The molecule has 2 N–H and O–H groups in total. The molecular weight excluding hydrogens is 1700 g/mol. The summed E-state index contributed by atoms with van der Waals surface area (Å²) in [5.41, 5.74) is 6.80. The van der Waals surface area contributed by atoms with E-state index in [4.69, 9.17) is 32.0 Å². The van der Waals surface area contributed by atoms with E-state index in [1.807, 2.05) is 85.2 Å². The monoisotopic (exact) mass is 1870 g/mol. The van der Waals surface area contributed by atoms with Crippen molar-refractivity contribution in [3.63, 3.8) is 0 Å². The van der Waals surface area contributed by atoms with Crippen LogP contribution in [-0.2, 0) is 60.8 Å². The van der Waals surface area contributed by atoms with Gasteiger partial charge in [-0.2, -0.15) is 13.2 Å². The van der Waals surface area contributed by atoms with Crippen LogP contribution >= 0.6 is 22.7 Å². The molecule has 123 heavy (non-hydrogen) atoms. The SMILES string of the molecule is C.C.C/C1=C/C[C@@H](/C(C)=C/c2csc(C)n2)OC(=O)C[C@H](O[Si](C)(C)C(C)(C)C)C(C)(C)C(=O)[C@H](C)[C@@H](C)[C@@H](C)CCC1.C=CC[C@H](OC(=O)C[C@H](O[Si](C)(C)C(C)(C)C)C(C)(C)C(=O)[C@H](C)[C@@H](C)[C@@H](C)CCCC(=C)C)/C(C)=C/c1csc(C)n1.CC(C)(C)O.CC(C)(O)C(F)(F)F.CC(C)c1cccc(C(C)C)c1[N]=[Mo]=[CH]C(C)(C)c1ccccc1. The van der Waals surface area contributed by atoms with Gasteiger partial charge in [-0.15, -0.1) is 35.8 Å². The summed E-state index contributed by atoms with van der Waals surface area (Å²) in [6, 6.07) is 17.4. The molecule has 10 atom stereocenters. The molecule has 5 rings (SSSR count). The summed E-state index contributed by atoms with van der Waals surface area (Å²) in [4.78, 5) is 64.8. The fourth-order valence-corrected chi connectivity index (χ4v) is 19.0. The predicted octanol–water partition coefficient (Wildman–Crippen LogP) is 29.9. The Labute approximate surface area is 766 Å². The Hall–Kier alpha value is -4.90. The van der Waals surface area contributed by atoms with E-state index in [0.29, 0.717) is 50.4 Å². The zero-order chi connectivity index (χ0) is 93.9. The number of allylic oxidation sites excluding steroid dienone is 2. The van der Waals surface area contributed by atoms with Crippen LogP contribution in [0.2, 0.25) is 36.3 Å². The molecule has 1 aliphatic heterocycles. The van der Waals surface area contributed by atoms with Gasteiger partial charge in [-0.05, 0) is 185 Å². The molecule has 13 nitrogen and oxygen atoms in total. The summed E-state index contributed by atoms with van der Waals surface area (Å²) in [6.45, 7) is 83.0. The molecule has 0 amide bonds. The Bertz CT molecular complexity index is 4030. The Morgan fingerprint density at radius 2 is 1.24 bits per heavy atom. The zero-order valence-electron chi connectivity index (χ0n) is 81.9. The van der Waals surface area contributed by atoms with E-state index in [0.717, 1.165) is 71.1 Å². The molecule has 2 aromatic carbocycles. The molecule has 1 aliphatic rings. The zero-order valence-corrected chi connectivity index (χ0v) is 87.6. The Morgan fingerprint density at radius 3 is 1.68 bits per heavy atom. The third-order valence-electron chi connectivity index (χ3n) is 24.5. The van der Waals surface area contributed by atoms with Crippen molar-refractivity contribution in [2.45, 2.75) is 403 Å². The second-order valence-electron chi connectivity index (χ2n) is 41.2. The summed E-state index contributed by atoms with van der Waals surface area (Å²) in [6.07, 6.45) is 8.90. The molecule has 0 aliphatic carbocycles. The molecule has 0 unspecified atom stereocenters. The number of thiazole rings is 2. The van der Waals surface area contributed by atoms with E-state index < -0.39 is 87.2 Å². The number of aryl methyl sites for hydroxylation is 2. The number of esters is 2. The van der Waals surface area contributed by atoms with E-state index in [1.165, 1.54) is 33.5 Å². The van der Waals surface area contributed by atoms with Crippen LogP contribution in [0.4, 0.5) is 18.9 Å². The third-order valence-corrected chi connectivity index (χ3v) is 37.4. The summed E-state index contributed by atoms with van der Waals surface area (Å²) in [5, 5.41) is 22.6. The second-order valence-corrected chi connectivity index (χ2v) is 54.3. The number of carbonyl (C=O) groups excluding carboxylic acids is 4. The van der Waals surface area contributed by atoms with Crippen molar-refractivity contribution in [2.24, 2.45) is 49.8 Å². The van der Waals surface area contributed by atoms with Crippen LogP contribution in [0.1, 0.15) is 344 Å². The van der Waals surface area contributed by atoms with Gasteiger partial charge in [0.05, 0.1) is 52.1 Å². The molecule has 4 aromatic rings. The van der Waals surface area contributed by atoms with E-state index in [1.54, 1.807) is 49.5 Å². The standard InChI is InChI=1S/C36H61NO4SSi.C34H57NO4SSi.C12H17N.C10H12.C4H7F3O.C4H10O.2CH4.Mo/c1-16-18-31(26(5)21-30-23-42-29(8)37-30)40-33(38)22-32(41-43(14,15)35(9,10)11)36(12,13)34(39)28(7)27(6)25(4)20-17-19-24(2)3;1-22-15-14-16-23(2)25(4)26(5)32(37)34(10,11)30(39-41(12,13)33(7,8)9)20-31(36)38-29(18-17-22)24(3)19-28-21-40-27(6)35-28;1-8(2)10-6-5-7-11(9(3)4)12(10)13;1-10(2,3)9-7-5-4-6-8-9;1-3(2,8)4(5,6)7;1-4(2,3)5;;;/h16,21,23,25,27-28,31-32H,1-2,17-20,22H2,3-15H3;17,19,21,23,25-26,29-30H,14-16,18,20H2,1-13H3;5-9H,1-4H3;1,4-8H,2-3H3;8H,1-2H3;5H,1-3H3;2*1H4;/b26-21+;22-17-,24-19+;;;;;;;/t25-,27-,28+,31-,32-;23-,25-,26+,29-,30-;;;;;;;/m00......./s1. The predicted molar refractivity (Wildman–Crippen MR) is 522 cm³/mol. The molecule has 0 saturated heterocycles. The van der Waals surface area contributed by atoms with Gasteiger partial charge < -0.3 is 28.5 Å². The van der Waals surface area contributed by atoms with E-state index in [2.05, 4.69) is 240 Å². The summed E-state index contributed by atoms with van der Waals surface area (Å²) < 4.78 is 67.6. The average molecular weight is 1870 g/mol. The number of nitrogens with zero attached hydrogens (tertiary/aromatic N) is 3. The number of cyclic esters (lactones) is 1. The number of halogens is 3. The minimum absolute atomic E-state index is 0. The van der Waals surface area contributed by atoms with E-state index in [9.17, 15) is 32.3 Å². The molecule has 21 heteroatoms. The van der Waals surface area contributed by atoms with Crippen LogP contribution in [0.25, 0.3) is 12.2 Å². The van der Waals surface area contributed by atoms with Crippen molar-refractivity contribution in [3.8, 4) is 0 Å². The van der Waals surface area contributed by atoms with Gasteiger partial charge in [0.1, 0.15) is 23.8 Å². The Morgan fingerprint density at radius 1 is 0.756 bits per heavy atom. The summed E-state index contributed by atoms with van der Waals surface area (Å²) in [7, 11) is -4.63. The van der Waals surface area contributed by atoms with Crippen molar-refractivity contribution in [1.29, 1.82) is 0 Å². The fourth-order valence-electron chi connectivity index (χ4n) is 13.1. The number of Topliss-reactive ketones (excluding diaryl/α,β-unsaturated/α-hetero) is 2. The molecule has 0 saturated carbocycles. The number of rotatable bonds is 27. The topological polar surface area (TPSA) is 184 Å². The van der Waals surface area contributed by atoms with Crippen molar-refractivity contribution >= 4 is 85.1 Å². The van der Waals surface area contributed by atoms with Crippen LogP contribution < -0.4 is 0 Å². The number of alkyl halides is 3. The van der Waals surface area contributed by atoms with Gasteiger partial charge >= 0.3 is 174 Å². The van der Waals surface area contributed by atoms with Gasteiger partial charge in [0, 0.05) is 46.3 Å². The first-order chi connectivity index (χ1) is 55.0. The third kappa shape index (κ3) is 41.6. The summed E-state index contributed by atoms with van der Waals surface area (Å²) >= 11 is 2.64. The number of aromatic nitrogens is 2. The van der Waals surface area contributed by atoms with Crippen molar-refractivity contribution in [3.05, 3.63) is 145 Å². The molecule has 0 spiro atoms. The minimum atomic E-state index is -4.51. The van der Waals surface area contributed by atoms with Crippen LogP contribution in [0, 0.1) is 60.2 Å². The fraction of sp³-hybridized carbons (Fsp3) is 0.676. The molecule has 702 valence electrons. The van der Waals surface area contributed by atoms with Gasteiger partial charge in [0.2, 0.25) is 0 Å². The van der Waals surface area contributed by atoms with Crippen molar-refractivity contribution < 1.29 is 78.8 Å². The number of ketones is 2. The Balaban J connectivity index is 0. The number of hydrogen-bond acceptors (Lipinski definition) is 15. The second kappa shape index (κ2) is 52.1. The van der Waals surface area contributed by atoms with Crippen LogP contribution in [0.5, 0.6) is 0 Å². The van der Waals surface area contributed by atoms with E-state index >= 15 is 0 Å². The van der Waals surface area contributed by atoms with Crippen molar-refractivity contribution in [1.82, 2.24) is 9.97 Å². The first-order valence-electron chi connectivity index (χ1n) is 43.8. The molecule has 0 fully saturated rings. The number of hydrogen-bond donors (Lipinski definition) is 2. The van der Waals surface area contributed by atoms with Crippen LogP contribution in [0.3, 0.4) is 0 Å². The number of aliphatic hydroxyl groups is 2. The van der Waals surface area contributed by atoms with Crippen LogP contribution in [-0.4, -0.2) is 107 Å². The van der Waals surface area contributed by atoms with Gasteiger partial charge in [-0.1, -0.05) is 162 Å². The van der Waals surface area contributed by atoms with Gasteiger partial charge in [0.15, 0.2) is 22.2 Å². The van der Waals surface area contributed by atoms with Gasteiger partial charge in [-0.3, -0.25) is 19.2 Å². The average Bonchev–Trinajstić information content (AvgIpc) is 1.12. The van der Waals surface area contributed by atoms with E-state index in [-0.39, 0.29) is 90.4 Å². The van der Waals surface area contributed by atoms with Crippen LogP contribution in [0.15, 0.2) is 110 Å². The molecule has 3 heterocycles. The first kappa shape index (κ1) is 120.